The summed E-state index contributed by atoms with van der Waals surface area (Å²) in [4.78, 5) is 4.36. The molecule has 0 amide bonds. The second kappa shape index (κ2) is 5.07. The highest BCUT2D eigenvalue weighted by Gasteiger charge is 2.38. The molecule has 1 saturated carbocycles. The van der Waals surface area contributed by atoms with Gasteiger partial charge in [0, 0.05) is 25.4 Å². The summed E-state index contributed by atoms with van der Waals surface area (Å²) in [7, 11) is 0. The quantitative estimate of drug-likeness (QED) is 0.904. The van der Waals surface area contributed by atoms with Crippen LogP contribution in [0.5, 0.6) is 0 Å². The van der Waals surface area contributed by atoms with Gasteiger partial charge in [0.2, 0.25) is 5.89 Å². The van der Waals surface area contributed by atoms with E-state index in [0.717, 1.165) is 25.8 Å². The molecule has 2 aromatic rings. The van der Waals surface area contributed by atoms with Crippen molar-refractivity contribution in [3.63, 3.8) is 0 Å². The van der Waals surface area contributed by atoms with Crippen LogP contribution in [0.3, 0.4) is 0 Å². The van der Waals surface area contributed by atoms with Crippen LogP contribution in [0, 0.1) is 0 Å². The van der Waals surface area contributed by atoms with E-state index in [1.165, 1.54) is 0 Å². The van der Waals surface area contributed by atoms with Crippen LogP contribution in [0.4, 0.5) is 0 Å². The monoisotopic (exact) mass is 269 g/mol. The smallest absolute Gasteiger partial charge is 0.228 e. The molecule has 7 heteroatoms. The Morgan fingerprint density at radius 2 is 2.28 bits per heavy atom. The molecule has 1 aliphatic rings. The molecule has 2 heterocycles. The molecule has 3 rings (SSSR count). The van der Waals surface area contributed by atoms with E-state index in [4.69, 9.17) is 10.3 Å². The highest BCUT2D eigenvalue weighted by atomic mass is 35.5. The maximum atomic E-state index is 6.13. The minimum absolute atomic E-state index is 0. The Labute approximate surface area is 111 Å². The van der Waals surface area contributed by atoms with Crippen LogP contribution >= 0.6 is 12.4 Å². The van der Waals surface area contributed by atoms with E-state index in [1.54, 1.807) is 6.20 Å². The maximum absolute atomic E-state index is 6.13. The third-order valence-electron chi connectivity index (χ3n) is 3.27. The van der Waals surface area contributed by atoms with Gasteiger partial charge in [-0.15, -0.1) is 12.4 Å². The number of aryl methyl sites for hydroxylation is 2. The highest BCUT2D eigenvalue weighted by molar-refractivity contribution is 5.85. The molecule has 0 atom stereocenters. The molecule has 98 valence electrons. The van der Waals surface area contributed by atoms with Crippen LogP contribution in [-0.2, 0) is 18.5 Å². The number of aromatic nitrogens is 4. The van der Waals surface area contributed by atoms with Crippen molar-refractivity contribution in [1.29, 1.82) is 0 Å². The Kier molecular flexibility index (Phi) is 3.68. The first-order valence-electron chi connectivity index (χ1n) is 5.86. The van der Waals surface area contributed by atoms with Crippen molar-refractivity contribution in [3.05, 3.63) is 30.2 Å². The lowest BCUT2D eigenvalue weighted by atomic mass is 9.77. The average molecular weight is 270 g/mol. The Balaban J connectivity index is 0.00000120. The molecular weight excluding hydrogens is 254 g/mol. The first kappa shape index (κ1) is 13.0. The van der Waals surface area contributed by atoms with Crippen molar-refractivity contribution in [2.75, 3.05) is 0 Å². The summed E-state index contributed by atoms with van der Waals surface area (Å²) in [6, 6.07) is 1.89. The zero-order chi connectivity index (χ0) is 11.7. The van der Waals surface area contributed by atoms with Gasteiger partial charge in [-0.1, -0.05) is 5.16 Å². The molecular formula is C11H16ClN5O. The first-order valence-corrected chi connectivity index (χ1v) is 5.86. The van der Waals surface area contributed by atoms with Crippen molar-refractivity contribution in [3.8, 4) is 0 Å². The molecule has 0 aromatic carbocycles. The van der Waals surface area contributed by atoms with E-state index >= 15 is 0 Å². The third-order valence-corrected chi connectivity index (χ3v) is 3.27. The van der Waals surface area contributed by atoms with Gasteiger partial charge < -0.3 is 10.3 Å². The number of nitrogens with two attached hydrogens (primary N) is 1. The molecule has 6 nitrogen and oxygen atoms in total. The van der Waals surface area contributed by atoms with Crippen molar-refractivity contribution >= 4 is 12.4 Å². The van der Waals surface area contributed by atoms with Gasteiger partial charge in [0.1, 0.15) is 0 Å². The van der Waals surface area contributed by atoms with Gasteiger partial charge in [0.15, 0.2) is 5.82 Å². The van der Waals surface area contributed by atoms with Crippen molar-refractivity contribution in [2.45, 2.75) is 37.8 Å². The summed E-state index contributed by atoms with van der Waals surface area (Å²) in [5.41, 5.74) is 5.79. The molecule has 1 aliphatic carbocycles. The SMILES string of the molecule is Cl.NC1(c2noc(CCn3cccn3)n2)CCC1. The highest BCUT2D eigenvalue weighted by Crippen LogP contribution is 2.36. The van der Waals surface area contributed by atoms with Gasteiger partial charge in [-0.05, 0) is 25.3 Å². The van der Waals surface area contributed by atoms with Crippen LogP contribution in [0.15, 0.2) is 23.0 Å². The van der Waals surface area contributed by atoms with Crippen molar-refractivity contribution in [2.24, 2.45) is 5.73 Å². The molecule has 0 unspecified atom stereocenters. The van der Waals surface area contributed by atoms with Crippen LogP contribution in [0.2, 0.25) is 0 Å². The largest absolute Gasteiger partial charge is 0.339 e. The summed E-state index contributed by atoms with van der Waals surface area (Å²) in [6.45, 7) is 0.742. The number of halogens is 1. The Bertz CT molecular complexity index is 491. The number of hydrogen-bond donors (Lipinski definition) is 1. The predicted octanol–water partition coefficient (Wildman–Crippen LogP) is 1.27. The van der Waals surface area contributed by atoms with Gasteiger partial charge in [0.05, 0.1) is 5.54 Å². The fraction of sp³-hybridized carbons (Fsp3) is 0.545. The maximum Gasteiger partial charge on any atom is 0.228 e. The molecule has 0 bridgehead atoms. The topological polar surface area (TPSA) is 82.8 Å². The normalized spacial score (nSPS) is 16.9. The Morgan fingerprint density at radius 1 is 1.44 bits per heavy atom. The lowest BCUT2D eigenvalue weighted by Crippen LogP contribution is -2.44. The van der Waals surface area contributed by atoms with E-state index in [-0.39, 0.29) is 17.9 Å². The van der Waals surface area contributed by atoms with E-state index < -0.39 is 0 Å². The van der Waals surface area contributed by atoms with Crippen LogP contribution in [0.25, 0.3) is 0 Å². The van der Waals surface area contributed by atoms with Gasteiger partial charge in [-0.3, -0.25) is 4.68 Å². The molecule has 2 aromatic heterocycles. The lowest BCUT2D eigenvalue weighted by molar-refractivity contribution is 0.229. The van der Waals surface area contributed by atoms with Gasteiger partial charge in [-0.25, -0.2) is 0 Å². The Morgan fingerprint density at radius 3 is 2.89 bits per heavy atom. The van der Waals surface area contributed by atoms with Crippen LogP contribution in [0.1, 0.15) is 31.0 Å². The van der Waals surface area contributed by atoms with E-state index in [1.807, 2.05) is 16.9 Å². The second-order valence-corrected chi connectivity index (χ2v) is 4.54. The minimum atomic E-state index is -0.340. The minimum Gasteiger partial charge on any atom is -0.339 e. The Hall–Kier alpha value is -1.40. The summed E-state index contributed by atoms with van der Waals surface area (Å²) < 4.78 is 7.04. The van der Waals surface area contributed by atoms with Gasteiger partial charge >= 0.3 is 0 Å². The fourth-order valence-corrected chi connectivity index (χ4v) is 1.98. The average Bonchev–Trinajstić information content (AvgIpc) is 2.94. The summed E-state index contributed by atoms with van der Waals surface area (Å²) in [6.07, 6.45) is 7.39. The second-order valence-electron chi connectivity index (χ2n) is 4.54. The molecule has 0 aliphatic heterocycles. The number of rotatable bonds is 4. The molecule has 18 heavy (non-hydrogen) atoms. The molecule has 0 saturated heterocycles. The standard InChI is InChI=1S/C11H15N5O.ClH/c12-11(4-1-5-11)10-14-9(17-15-10)3-8-16-7-2-6-13-16;/h2,6-7H,1,3-5,8,12H2;1H. The molecule has 1 fully saturated rings. The summed E-state index contributed by atoms with van der Waals surface area (Å²) in [5, 5.41) is 8.09. The zero-order valence-electron chi connectivity index (χ0n) is 9.95. The third kappa shape index (κ3) is 2.39. The lowest BCUT2D eigenvalue weighted by Gasteiger charge is -2.34. The summed E-state index contributed by atoms with van der Waals surface area (Å²) in [5.74, 6) is 1.28. The van der Waals surface area contributed by atoms with Crippen LogP contribution < -0.4 is 5.73 Å². The molecule has 0 radical (unpaired) electrons. The van der Waals surface area contributed by atoms with E-state index in [0.29, 0.717) is 18.1 Å². The number of hydrogen-bond acceptors (Lipinski definition) is 5. The van der Waals surface area contributed by atoms with Crippen molar-refractivity contribution < 1.29 is 4.52 Å². The van der Waals surface area contributed by atoms with E-state index in [9.17, 15) is 0 Å². The number of nitrogens with zero attached hydrogens (tertiary/aromatic N) is 4. The van der Waals surface area contributed by atoms with Gasteiger partial charge in [0.25, 0.3) is 0 Å². The summed E-state index contributed by atoms with van der Waals surface area (Å²) >= 11 is 0. The van der Waals surface area contributed by atoms with Gasteiger partial charge in [-0.2, -0.15) is 10.1 Å². The van der Waals surface area contributed by atoms with Crippen molar-refractivity contribution in [1.82, 2.24) is 19.9 Å². The first-order chi connectivity index (χ1) is 8.26. The zero-order valence-corrected chi connectivity index (χ0v) is 10.8. The fourth-order valence-electron chi connectivity index (χ4n) is 1.98. The van der Waals surface area contributed by atoms with E-state index in [2.05, 4.69) is 15.2 Å². The molecule has 2 N–H and O–H groups in total. The molecule has 0 spiro atoms. The van der Waals surface area contributed by atoms with Crippen LogP contribution in [-0.4, -0.2) is 19.9 Å². The predicted molar refractivity (Wildman–Crippen MR) is 67.2 cm³/mol.